The van der Waals surface area contributed by atoms with E-state index in [1.54, 1.807) is 0 Å². The van der Waals surface area contributed by atoms with Gasteiger partial charge in [-0.3, -0.25) is 9.88 Å². The van der Waals surface area contributed by atoms with E-state index in [4.69, 9.17) is 0 Å². The predicted molar refractivity (Wildman–Crippen MR) is 77.0 cm³/mol. The minimum absolute atomic E-state index is 0.317. The Kier molecular flexibility index (Phi) is 3.86. The van der Waals surface area contributed by atoms with Gasteiger partial charge in [0, 0.05) is 38.6 Å². The molecule has 1 N–H and O–H groups in total. The lowest BCUT2D eigenvalue weighted by Crippen LogP contribution is -2.45. The Morgan fingerprint density at radius 2 is 1.68 bits per heavy atom. The average molecular weight is 253 g/mol. The molecule has 1 atom stereocenters. The number of hydrogen-bond donors (Lipinski definition) is 1. The normalized spacial score (nSPS) is 18.1. The molecular formula is C16H19N3. The zero-order valence-corrected chi connectivity index (χ0v) is 11.0. The molecule has 19 heavy (non-hydrogen) atoms. The van der Waals surface area contributed by atoms with Gasteiger partial charge in [-0.05, 0) is 17.2 Å². The molecule has 3 nitrogen and oxygen atoms in total. The Morgan fingerprint density at radius 3 is 2.37 bits per heavy atom. The summed E-state index contributed by atoms with van der Waals surface area (Å²) in [4.78, 5) is 6.81. The fourth-order valence-corrected chi connectivity index (χ4v) is 2.73. The van der Waals surface area contributed by atoms with Crippen LogP contribution >= 0.6 is 0 Å². The molecule has 1 unspecified atom stereocenters. The minimum Gasteiger partial charge on any atom is -0.314 e. The average Bonchev–Trinajstić information content (AvgIpc) is 2.51. The maximum atomic E-state index is 4.28. The van der Waals surface area contributed by atoms with E-state index in [0.29, 0.717) is 6.04 Å². The molecule has 0 radical (unpaired) electrons. The summed E-state index contributed by atoms with van der Waals surface area (Å²) >= 11 is 0. The molecule has 1 aromatic carbocycles. The number of nitrogens with zero attached hydrogens (tertiary/aromatic N) is 2. The van der Waals surface area contributed by atoms with E-state index in [1.165, 1.54) is 11.1 Å². The quantitative estimate of drug-likeness (QED) is 0.907. The van der Waals surface area contributed by atoms with E-state index >= 15 is 0 Å². The highest BCUT2D eigenvalue weighted by molar-refractivity contribution is 5.30. The van der Waals surface area contributed by atoms with Crippen LogP contribution in [0, 0.1) is 0 Å². The topological polar surface area (TPSA) is 28.2 Å². The first-order chi connectivity index (χ1) is 9.45. The van der Waals surface area contributed by atoms with E-state index in [2.05, 4.69) is 51.6 Å². The zero-order chi connectivity index (χ0) is 12.9. The molecular weight excluding hydrogens is 234 g/mol. The fraction of sp³-hybridized carbons (Fsp3) is 0.312. The van der Waals surface area contributed by atoms with E-state index in [-0.39, 0.29) is 0 Å². The van der Waals surface area contributed by atoms with Crippen LogP contribution in [-0.2, 0) is 0 Å². The van der Waals surface area contributed by atoms with Crippen LogP contribution in [0.1, 0.15) is 17.2 Å². The summed E-state index contributed by atoms with van der Waals surface area (Å²) in [6, 6.07) is 15.2. The van der Waals surface area contributed by atoms with Crippen LogP contribution in [0.25, 0.3) is 0 Å². The molecule has 0 spiro atoms. The second kappa shape index (κ2) is 5.95. The van der Waals surface area contributed by atoms with E-state index in [9.17, 15) is 0 Å². The van der Waals surface area contributed by atoms with E-state index in [0.717, 1.165) is 26.2 Å². The van der Waals surface area contributed by atoms with Gasteiger partial charge in [0.15, 0.2) is 0 Å². The molecule has 1 aliphatic rings. The third kappa shape index (κ3) is 2.83. The smallest absolute Gasteiger partial charge is 0.0617 e. The summed E-state index contributed by atoms with van der Waals surface area (Å²) in [6.07, 6.45) is 3.82. The lowest BCUT2D eigenvalue weighted by Gasteiger charge is -2.35. The highest BCUT2D eigenvalue weighted by Crippen LogP contribution is 2.28. The first kappa shape index (κ1) is 12.3. The van der Waals surface area contributed by atoms with Gasteiger partial charge in [-0.25, -0.2) is 0 Å². The largest absolute Gasteiger partial charge is 0.314 e. The van der Waals surface area contributed by atoms with Crippen LogP contribution in [0.5, 0.6) is 0 Å². The second-order valence-corrected chi connectivity index (χ2v) is 4.89. The SMILES string of the molecule is c1ccc(C(c2cccnc2)N2CCNCC2)cc1. The van der Waals surface area contributed by atoms with Crippen LogP contribution in [-0.4, -0.2) is 36.1 Å². The first-order valence-corrected chi connectivity index (χ1v) is 6.85. The van der Waals surface area contributed by atoms with Crippen LogP contribution in [0.3, 0.4) is 0 Å². The Hall–Kier alpha value is -1.71. The lowest BCUT2D eigenvalue weighted by molar-refractivity contribution is 0.198. The summed E-state index contributed by atoms with van der Waals surface area (Å²) in [6.45, 7) is 4.27. The summed E-state index contributed by atoms with van der Waals surface area (Å²) in [5, 5.41) is 3.42. The Bertz CT molecular complexity index is 452. The van der Waals surface area contributed by atoms with Crippen molar-refractivity contribution < 1.29 is 0 Å². The third-order valence-corrected chi connectivity index (χ3v) is 3.63. The van der Waals surface area contributed by atoms with Crippen molar-refractivity contribution in [1.82, 2.24) is 15.2 Å². The molecule has 3 heteroatoms. The number of aromatic nitrogens is 1. The molecule has 0 aliphatic carbocycles. The van der Waals surface area contributed by atoms with Crippen molar-refractivity contribution >= 4 is 0 Å². The molecule has 0 bridgehead atoms. The molecule has 0 saturated carbocycles. The number of piperazine rings is 1. The maximum Gasteiger partial charge on any atom is 0.0617 e. The highest BCUT2D eigenvalue weighted by Gasteiger charge is 2.23. The molecule has 2 heterocycles. The standard InChI is InChI=1S/C16H19N3/c1-2-5-14(6-3-1)16(15-7-4-8-18-13-15)19-11-9-17-10-12-19/h1-8,13,16-17H,9-12H2. The van der Waals surface area contributed by atoms with Gasteiger partial charge in [-0.1, -0.05) is 36.4 Å². The van der Waals surface area contributed by atoms with Crippen molar-refractivity contribution in [2.24, 2.45) is 0 Å². The Morgan fingerprint density at radius 1 is 0.947 bits per heavy atom. The lowest BCUT2D eigenvalue weighted by atomic mass is 9.98. The number of nitrogens with one attached hydrogen (secondary N) is 1. The zero-order valence-electron chi connectivity index (χ0n) is 11.0. The van der Waals surface area contributed by atoms with Crippen molar-refractivity contribution in [3.8, 4) is 0 Å². The van der Waals surface area contributed by atoms with E-state index < -0.39 is 0 Å². The van der Waals surface area contributed by atoms with Crippen molar-refractivity contribution in [2.75, 3.05) is 26.2 Å². The van der Waals surface area contributed by atoms with Gasteiger partial charge < -0.3 is 5.32 Å². The molecule has 2 aromatic rings. The number of rotatable bonds is 3. The summed E-state index contributed by atoms with van der Waals surface area (Å²) in [5.74, 6) is 0. The summed E-state index contributed by atoms with van der Waals surface area (Å²) in [7, 11) is 0. The molecule has 3 rings (SSSR count). The molecule has 98 valence electrons. The van der Waals surface area contributed by atoms with Crippen LogP contribution in [0.15, 0.2) is 54.9 Å². The molecule has 1 fully saturated rings. The second-order valence-electron chi connectivity index (χ2n) is 4.89. The van der Waals surface area contributed by atoms with Gasteiger partial charge in [-0.15, -0.1) is 0 Å². The third-order valence-electron chi connectivity index (χ3n) is 3.63. The van der Waals surface area contributed by atoms with Gasteiger partial charge in [-0.2, -0.15) is 0 Å². The summed E-state index contributed by atoms with van der Waals surface area (Å²) < 4.78 is 0. The highest BCUT2D eigenvalue weighted by atomic mass is 15.2. The molecule has 1 saturated heterocycles. The van der Waals surface area contributed by atoms with Gasteiger partial charge in [0.2, 0.25) is 0 Å². The Labute approximate surface area is 114 Å². The maximum absolute atomic E-state index is 4.28. The molecule has 1 aliphatic heterocycles. The number of hydrogen-bond acceptors (Lipinski definition) is 3. The monoisotopic (exact) mass is 253 g/mol. The van der Waals surface area contributed by atoms with Crippen LogP contribution < -0.4 is 5.32 Å². The van der Waals surface area contributed by atoms with Crippen LogP contribution in [0.2, 0.25) is 0 Å². The predicted octanol–water partition coefficient (Wildman–Crippen LogP) is 2.08. The Balaban J connectivity index is 1.96. The minimum atomic E-state index is 0.317. The number of pyridine rings is 1. The van der Waals surface area contributed by atoms with Crippen molar-refractivity contribution in [1.29, 1.82) is 0 Å². The fourth-order valence-electron chi connectivity index (χ4n) is 2.73. The van der Waals surface area contributed by atoms with Crippen molar-refractivity contribution in [3.63, 3.8) is 0 Å². The van der Waals surface area contributed by atoms with E-state index in [1.807, 2.05) is 18.5 Å². The molecule has 0 amide bonds. The van der Waals surface area contributed by atoms with Gasteiger partial charge >= 0.3 is 0 Å². The summed E-state index contributed by atoms with van der Waals surface area (Å²) in [5.41, 5.74) is 2.62. The van der Waals surface area contributed by atoms with Gasteiger partial charge in [0.25, 0.3) is 0 Å². The van der Waals surface area contributed by atoms with Crippen molar-refractivity contribution in [3.05, 3.63) is 66.0 Å². The van der Waals surface area contributed by atoms with Gasteiger partial charge in [0.1, 0.15) is 0 Å². The molecule has 1 aromatic heterocycles. The van der Waals surface area contributed by atoms with Crippen molar-refractivity contribution in [2.45, 2.75) is 6.04 Å². The first-order valence-electron chi connectivity index (χ1n) is 6.85. The van der Waals surface area contributed by atoms with Gasteiger partial charge in [0.05, 0.1) is 6.04 Å². The number of benzene rings is 1. The van der Waals surface area contributed by atoms with Crippen LogP contribution in [0.4, 0.5) is 0 Å².